The molecule has 0 spiro atoms. The van der Waals surface area contributed by atoms with E-state index < -0.39 is 0 Å². The van der Waals surface area contributed by atoms with Crippen LogP contribution in [0, 0.1) is 11.8 Å². The molecule has 12 heavy (non-hydrogen) atoms. The normalized spacial score (nSPS) is 30.2. The summed E-state index contributed by atoms with van der Waals surface area (Å²) in [6.45, 7) is 4.63. The van der Waals surface area contributed by atoms with Gasteiger partial charge in [0, 0.05) is 0 Å². The lowest BCUT2D eigenvalue weighted by atomic mass is 10.1. The van der Waals surface area contributed by atoms with Gasteiger partial charge in [0.2, 0.25) is 0 Å². The fourth-order valence-electron chi connectivity index (χ4n) is 2.04. The molecule has 1 saturated carbocycles. The molecule has 0 saturated heterocycles. The zero-order valence-corrected chi connectivity index (χ0v) is 8.55. The van der Waals surface area contributed by atoms with E-state index in [1.807, 2.05) is 0 Å². The highest BCUT2D eigenvalue weighted by Gasteiger charge is 2.18. The third-order valence-corrected chi connectivity index (χ3v) is 2.87. The highest BCUT2D eigenvalue weighted by Crippen LogP contribution is 2.31. The molecular formula is C12H22. The minimum atomic E-state index is 0.914. The Hall–Kier alpha value is -0.260. The molecule has 0 aromatic rings. The molecule has 1 rings (SSSR count). The molecule has 0 heteroatoms. The van der Waals surface area contributed by atoms with Gasteiger partial charge in [0.1, 0.15) is 0 Å². The SMILES string of the molecule is CCCCC=C[C@H]1CC[C@H](C)C1. The van der Waals surface area contributed by atoms with Gasteiger partial charge in [-0.15, -0.1) is 0 Å². The van der Waals surface area contributed by atoms with Crippen molar-refractivity contribution in [2.45, 2.75) is 52.4 Å². The number of hydrogen-bond acceptors (Lipinski definition) is 0. The molecule has 1 fully saturated rings. The molecule has 0 N–H and O–H groups in total. The highest BCUT2D eigenvalue weighted by molar-refractivity contribution is 4.92. The third-order valence-electron chi connectivity index (χ3n) is 2.87. The molecule has 0 heterocycles. The average molecular weight is 166 g/mol. The summed E-state index contributed by atoms with van der Waals surface area (Å²) in [6.07, 6.45) is 13.1. The maximum absolute atomic E-state index is 2.46. The summed E-state index contributed by atoms with van der Waals surface area (Å²) in [5.74, 6) is 1.89. The maximum atomic E-state index is 2.46. The molecule has 0 nitrogen and oxygen atoms in total. The average Bonchev–Trinajstić information content (AvgIpc) is 2.45. The summed E-state index contributed by atoms with van der Waals surface area (Å²) in [4.78, 5) is 0. The largest absolute Gasteiger partial charge is 0.0883 e. The van der Waals surface area contributed by atoms with Crippen molar-refractivity contribution in [3.63, 3.8) is 0 Å². The number of allylic oxidation sites excluding steroid dienone is 2. The second-order valence-electron chi connectivity index (χ2n) is 4.25. The Morgan fingerprint density at radius 2 is 2.17 bits per heavy atom. The summed E-state index contributed by atoms with van der Waals surface area (Å²) in [5, 5.41) is 0. The van der Waals surface area contributed by atoms with Crippen molar-refractivity contribution in [1.82, 2.24) is 0 Å². The predicted molar refractivity (Wildman–Crippen MR) is 55.2 cm³/mol. The van der Waals surface area contributed by atoms with Crippen LogP contribution in [0.5, 0.6) is 0 Å². The molecule has 2 atom stereocenters. The lowest BCUT2D eigenvalue weighted by Crippen LogP contribution is -1.88. The predicted octanol–water partition coefficient (Wildman–Crippen LogP) is 4.17. The van der Waals surface area contributed by atoms with Crippen LogP contribution in [0.2, 0.25) is 0 Å². The number of hydrogen-bond donors (Lipinski definition) is 0. The molecule has 0 bridgehead atoms. The van der Waals surface area contributed by atoms with Crippen LogP contribution in [0.25, 0.3) is 0 Å². The van der Waals surface area contributed by atoms with Crippen LogP contribution in [-0.2, 0) is 0 Å². The van der Waals surface area contributed by atoms with Crippen molar-refractivity contribution in [3.05, 3.63) is 12.2 Å². The number of unbranched alkanes of at least 4 members (excludes halogenated alkanes) is 2. The van der Waals surface area contributed by atoms with Crippen LogP contribution < -0.4 is 0 Å². The van der Waals surface area contributed by atoms with Crippen LogP contribution in [0.3, 0.4) is 0 Å². The fourth-order valence-corrected chi connectivity index (χ4v) is 2.04. The van der Waals surface area contributed by atoms with Crippen LogP contribution in [0.4, 0.5) is 0 Å². The van der Waals surface area contributed by atoms with Crippen molar-refractivity contribution in [3.8, 4) is 0 Å². The zero-order valence-electron chi connectivity index (χ0n) is 8.55. The fraction of sp³-hybridized carbons (Fsp3) is 0.833. The van der Waals surface area contributed by atoms with E-state index in [1.54, 1.807) is 0 Å². The zero-order chi connectivity index (χ0) is 8.81. The van der Waals surface area contributed by atoms with Gasteiger partial charge in [0.05, 0.1) is 0 Å². The summed E-state index contributed by atoms with van der Waals surface area (Å²) >= 11 is 0. The van der Waals surface area contributed by atoms with Crippen LogP contribution >= 0.6 is 0 Å². The molecule has 0 aromatic carbocycles. The van der Waals surface area contributed by atoms with Crippen molar-refractivity contribution in [2.75, 3.05) is 0 Å². The van der Waals surface area contributed by atoms with Gasteiger partial charge < -0.3 is 0 Å². The van der Waals surface area contributed by atoms with E-state index in [2.05, 4.69) is 26.0 Å². The molecule has 1 aliphatic carbocycles. The van der Waals surface area contributed by atoms with E-state index in [4.69, 9.17) is 0 Å². The Balaban J connectivity index is 2.10. The molecule has 0 aromatic heterocycles. The number of rotatable bonds is 4. The van der Waals surface area contributed by atoms with Crippen molar-refractivity contribution in [2.24, 2.45) is 11.8 Å². The van der Waals surface area contributed by atoms with Crippen LogP contribution in [0.1, 0.15) is 52.4 Å². The molecule has 70 valence electrons. The lowest BCUT2D eigenvalue weighted by molar-refractivity contribution is 0.585. The second kappa shape index (κ2) is 5.40. The van der Waals surface area contributed by atoms with Gasteiger partial charge >= 0.3 is 0 Å². The maximum Gasteiger partial charge on any atom is -0.0231 e. The van der Waals surface area contributed by atoms with E-state index in [1.165, 1.54) is 38.5 Å². The third kappa shape index (κ3) is 3.42. The van der Waals surface area contributed by atoms with Gasteiger partial charge in [-0.3, -0.25) is 0 Å². The lowest BCUT2D eigenvalue weighted by Gasteiger charge is -2.01. The second-order valence-corrected chi connectivity index (χ2v) is 4.25. The summed E-state index contributed by atoms with van der Waals surface area (Å²) in [5.41, 5.74) is 0. The molecule has 0 amide bonds. The minimum absolute atomic E-state index is 0.914. The highest BCUT2D eigenvalue weighted by atomic mass is 14.2. The Labute approximate surface area is 77.1 Å². The van der Waals surface area contributed by atoms with Crippen molar-refractivity contribution < 1.29 is 0 Å². The van der Waals surface area contributed by atoms with Gasteiger partial charge in [0.25, 0.3) is 0 Å². The molecule has 1 aliphatic rings. The van der Waals surface area contributed by atoms with E-state index >= 15 is 0 Å². The molecule has 0 aliphatic heterocycles. The first kappa shape index (κ1) is 9.83. The molecular weight excluding hydrogens is 144 g/mol. The van der Waals surface area contributed by atoms with Crippen LogP contribution in [-0.4, -0.2) is 0 Å². The monoisotopic (exact) mass is 166 g/mol. The van der Waals surface area contributed by atoms with Crippen molar-refractivity contribution >= 4 is 0 Å². The van der Waals surface area contributed by atoms with Gasteiger partial charge in [-0.1, -0.05) is 45.3 Å². The first-order chi connectivity index (χ1) is 5.83. The first-order valence-electron chi connectivity index (χ1n) is 5.49. The van der Waals surface area contributed by atoms with E-state index in [-0.39, 0.29) is 0 Å². The van der Waals surface area contributed by atoms with Crippen molar-refractivity contribution in [1.29, 1.82) is 0 Å². The van der Waals surface area contributed by atoms with E-state index in [0.29, 0.717) is 0 Å². The minimum Gasteiger partial charge on any atom is -0.0883 e. The quantitative estimate of drug-likeness (QED) is 0.434. The standard InChI is InChI=1S/C12H22/c1-3-4-5-6-7-12-9-8-11(2)10-12/h6-7,11-12H,3-5,8-10H2,1-2H3/t11-,12-/m0/s1. The van der Waals surface area contributed by atoms with Gasteiger partial charge in [-0.25, -0.2) is 0 Å². The van der Waals surface area contributed by atoms with Crippen LogP contribution in [0.15, 0.2) is 12.2 Å². The van der Waals surface area contributed by atoms with Gasteiger partial charge in [0.15, 0.2) is 0 Å². The van der Waals surface area contributed by atoms with Gasteiger partial charge in [-0.2, -0.15) is 0 Å². The van der Waals surface area contributed by atoms with E-state index in [9.17, 15) is 0 Å². The van der Waals surface area contributed by atoms with E-state index in [0.717, 1.165) is 11.8 Å². The smallest absolute Gasteiger partial charge is 0.0231 e. The Kier molecular flexibility index (Phi) is 4.42. The topological polar surface area (TPSA) is 0 Å². The molecule has 0 unspecified atom stereocenters. The Morgan fingerprint density at radius 1 is 1.33 bits per heavy atom. The Morgan fingerprint density at radius 3 is 2.75 bits per heavy atom. The summed E-state index contributed by atoms with van der Waals surface area (Å²) < 4.78 is 0. The first-order valence-corrected chi connectivity index (χ1v) is 5.49. The summed E-state index contributed by atoms with van der Waals surface area (Å²) in [6, 6.07) is 0. The summed E-state index contributed by atoms with van der Waals surface area (Å²) in [7, 11) is 0. The Bertz CT molecular complexity index is 135. The molecule has 0 radical (unpaired) electrons. The van der Waals surface area contributed by atoms with Gasteiger partial charge in [-0.05, 0) is 31.1 Å².